The standard InChI is InChI=1S/C18H32N2/c1-6-18(14-19,13-17-10-8-7-9-11-17)20(5)16(4)12-15(2)3/h7-11,15-16H,6,12-14,19H2,1-5H3. The molecule has 2 nitrogen and oxygen atoms in total. The maximum atomic E-state index is 6.19. The first-order valence-corrected chi connectivity index (χ1v) is 7.92. The summed E-state index contributed by atoms with van der Waals surface area (Å²) in [6.07, 6.45) is 3.32. The van der Waals surface area contributed by atoms with Gasteiger partial charge in [0.2, 0.25) is 0 Å². The van der Waals surface area contributed by atoms with Crippen LogP contribution in [0.3, 0.4) is 0 Å². The van der Waals surface area contributed by atoms with Crippen molar-refractivity contribution < 1.29 is 0 Å². The van der Waals surface area contributed by atoms with E-state index >= 15 is 0 Å². The third-order valence-corrected chi connectivity index (χ3v) is 4.64. The molecule has 1 aromatic rings. The van der Waals surface area contributed by atoms with Crippen LogP contribution in [0.2, 0.25) is 0 Å². The first kappa shape index (κ1) is 17.2. The zero-order chi connectivity index (χ0) is 15.2. The van der Waals surface area contributed by atoms with E-state index in [0.29, 0.717) is 12.6 Å². The first-order valence-electron chi connectivity index (χ1n) is 7.92. The minimum absolute atomic E-state index is 0.0651. The zero-order valence-corrected chi connectivity index (χ0v) is 13.9. The van der Waals surface area contributed by atoms with Crippen molar-refractivity contribution in [3.8, 4) is 0 Å². The van der Waals surface area contributed by atoms with Gasteiger partial charge in [-0.1, -0.05) is 51.1 Å². The van der Waals surface area contributed by atoms with Gasteiger partial charge >= 0.3 is 0 Å². The zero-order valence-electron chi connectivity index (χ0n) is 13.9. The van der Waals surface area contributed by atoms with E-state index in [1.807, 2.05) is 0 Å². The summed E-state index contributed by atoms with van der Waals surface area (Å²) in [6.45, 7) is 9.87. The lowest BCUT2D eigenvalue weighted by molar-refractivity contribution is 0.0702. The lowest BCUT2D eigenvalue weighted by Gasteiger charge is -2.45. The van der Waals surface area contributed by atoms with Gasteiger partial charge in [-0.05, 0) is 44.7 Å². The van der Waals surface area contributed by atoms with E-state index in [-0.39, 0.29) is 5.54 Å². The van der Waals surface area contributed by atoms with Crippen molar-refractivity contribution in [1.82, 2.24) is 4.90 Å². The largest absolute Gasteiger partial charge is 0.329 e. The summed E-state index contributed by atoms with van der Waals surface area (Å²) in [5, 5.41) is 0. The van der Waals surface area contributed by atoms with Crippen LogP contribution in [-0.4, -0.2) is 30.1 Å². The molecule has 2 N–H and O–H groups in total. The summed E-state index contributed by atoms with van der Waals surface area (Å²) < 4.78 is 0. The number of benzene rings is 1. The van der Waals surface area contributed by atoms with E-state index < -0.39 is 0 Å². The predicted octanol–water partition coefficient (Wildman–Crippen LogP) is 3.70. The molecule has 2 heteroatoms. The molecule has 0 aromatic heterocycles. The monoisotopic (exact) mass is 276 g/mol. The third kappa shape index (κ3) is 4.32. The average Bonchev–Trinajstić information content (AvgIpc) is 2.44. The molecule has 1 aromatic carbocycles. The second kappa shape index (κ2) is 7.80. The molecular weight excluding hydrogens is 244 g/mol. The molecule has 0 aliphatic carbocycles. The van der Waals surface area contributed by atoms with Crippen LogP contribution in [0.4, 0.5) is 0 Å². The smallest absolute Gasteiger partial charge is 0.0369 e. The molecule has 20 heavy (non-hydrogen) atoms. The molecule has 0 bridgehead atoms. The Kier molecular flexibility index (Phi) is 6.70. The normalized spacial score (nSPS) is 16.4. The van der Waals surface area contributed by atoms with E-state index in [9.17, 15) is 0 Å². The lowest BCUT2D eigenvalue weighted by atomic mass is 9.85. The third-order valence-electron chi connectivity index (χ3n) is 4.64. The number of hydrogen-bond donors (Lipinski definition) is 1. The van der Waals surface area contributed by atoms with Crippen LogP contribution in [0.1, 0.15) is 46.1 Å². The van der Waals surface area contributed by atoms with E-state index in [1.165, 1.54) is 12.0 Å². The Morgan fingerprint density at radius 3 is 2.20 bits per heavy atom. The fourth-order valence-corrected chi connectivity index (χ4v) is 3.14. The Morgan fingerprint density at radius 2 is 1.75 bits per heavy atom. The molecular formula is C18H32N2. The fraction of sp³-hybridized carbons (Fsp3) is 0.667. The molecule has 0 fully saturated rings. The highest BCUT2D eigenvalue weighted by Gasteiger charge is 2.34. The van der Waals surface area contributed by atoms with Crippen molar-refractivity contribution >= 4 is 0 Å². The average molecular weight is 276 g/mol. The highest BCUT2D eigenvalue weighted by molar-refractivity contribution is 5.18. The van der Waals surface area contributed by atoms with Crippen molar-refractivity contribution in [2.24, 2.45) is 11.7 Å². The van der Waals surface area contributed by atoms with Gasteiger partial charge in [0.05, 0.1) is 0 Å². The molecule has 0 spiro atoms. The molecule has 0 aliphatic heterocycles. The lowest BCUT2D eigenvalue weighted by Crippen LogP contribution is -2.56. The van der Waals surface area contributed by atoms with Gasteiger partial charge in [-0.3, -0.25) is 4.90 Å². The number of hydrogen-bond acceptors (Lipinski definition) is 2. The van der Waals surface area contributed by atoms with E-state index in [4.69, 9.17) is 5.73 Å². The number of likely N-dealkylation sites (N-methyl/N-ethyl adjacent to an activating group) is 1. The Bertz CT molecular complexity index is 368. The predicted molar refractivity (Wildman–Crippen MR) is 88.9 cm³/mol. The molecule has 0 amide bonds. The molecule has 0 radical (unpaired) electrons. The Hall–Kier alpha value is -0.860. The van der Waals surface area contributed by atoms with Crippen molar-refractivity contribution in [3.05, 3.63) is 35.9 Å². The molecule has 1 rings (SSSR count). The van der Waals surface area contributed by atoms with Gasteiger partial charge in [0.15, 0.2) is 0 Å². The van der Waals surface area contributed by atoms with Gasteiger partial charge in [-0.15, -0.1) is 0 Å². The van der Waals surface area contributed by atoms with Crippen LogP contribution >= 0.6 is 0 Å². The highest BCUT2D eigenvalue weighted by atomic mass is 15.2. The number of nitrogens with zero attached hydrogens (tertiary/aromatic N) is 1. The molecule has 114 valence electrons. The van der Waals surface area contributed by atoms with Crippen molar-refractivity contribution in [3.63, 3.8) is 0 Å². The van der Waals surface area contributed by atoms with Crippen LogP contribution in [0, 0.1) is 5.92 Å². The summed E-state index contributed by atoms with van der Waals surface area (Å²) in [6, 6.07) is 11.3. The summed E-state index contributed by atoms with van der Waals surface area (Å²) in [5.74, 6) is 0.719. The molecule has 0 aliphatic rings. The van der Waals surface area contributed by atoms with E-state index in [1.54, 1.807) is 0 Å². The molecule has 2 unspecified atom stereocenters. The Balaban J connectivity index is 2.90. The van der Waals surface area contributed by atoms with Crippen LogP contribution in [0.15, 0.2) is 30.3 Å². The minimum Gasteiger partial charge on any atom is -0.329 e. The van der Waals surface area contributed by atoms with E-state index in [0.717, 1.165) is 18.8 Å². The topological polar surface area (TPSA) is 29.3 Å². The SMILES string of the molecule is CCC(CN)(Cc1ccccc1)N(C)C(C)CC(C)C. The summed E-state index contributed by atoms with van der Waals surface area (Å²) in [7, 11) is 2.24. The van der Waals surface area contributed by atoms with Gasteiger partial charge < -0.3 is 5.73 Å². The van der Waals surface area contributed by atoms with Crippen LogP contribution in [0.5, 0.6) is 0 Å². The summed E-state index contributed by atoms with van der Waals surface area (Å²) in [4.78, 5) is 2.51. The molecule has 0 heterocycles. The van der Waals surface area contributed by atoms with E-state index in [2.05, 4.69) is 70.0 Å². The first-order chi connectivity index (χ1) is 9.45. The second-order valence-corrected chi connectivity index (χ2v) is 6.53. The van der Waals surface area contributed by atoms with Crippen molar-refractivity contribution in [1.29, 1.82) is 0 Å². The molecule has 2 atom stereocenters. The fourth-order valence-electron chi connectivity index (χ4n) is 3.14. The van der Waals surface area contributed by atoms with Crippen molar-refractivity contribution in [2.45, 2.75) is 58.5 Å². The van der Waals surface area contributed by atoms with Gasteiger partial charge in [-0.2, -0.15) is 0 Å². The quantitative estimate of drug-likeness (QED) is 0.784. The summed E-state index contributed by atoms with van der Waals surface area (Å²) >= 11 is 0. The second-order valence-electron chi connectivity index (χ2n) is 6.53. The highest BCUT2D eigenvalue weighted by Crippen LogP contribution is 2.27. The Morgan fingerprint density at radius 1 is 1.15 bits per heavy atom. The van der Waals surface area contributed by atoms with Gasteiger partial charge in [0, 0.05) is 18.1 Å². The molecule has 0 saturated carbocycles. The summed E-state index contributed by atoms with van der Waals surface area (Å²) in [5.41, 5.74) is 7.64. The number of rotatable bonds is 8. The molecule has 0 saturated heterocycles. The van der Waals surface area contributed by atoms with Crippen LogP contribution in [0.25, 0.3) is 0 Å². The minimum atomic E-state index is 0.0651. The number of nitrogens with two attached hydrogens (primary N) is 1. The van der Waals surface area contributed by atoms with Gasteiger partial charge in [0.1, 0.15) is 0 Å². The van der Waals surface area contributed by atoms with Crippen LogP contribution in [-0.2, 0) is 6.42 Å². The van der Waals surface area contributed by atoms with Gasteiger partial charge in [-0.25, -0.2) is 0 Å². The van der Waals surface area contributed by atoms with Gasteiger partial charge in [0.25, 0.3) is 0 Å². The Labute approximate surface area is 125 Å². The van der Waals surface area contributed by atoms with Crippen molar-refractivity contribution in [2.75, 3.05) is 13.6 Å². The van der Waals surface area contributed by atoms with Crippen LogP contribution < -0.4 is 5.73 Å². The maximum absolute atomic E-state index is 6.19. The maximum Gasteiger partial charge on any atom is 0.0369 e.